The van der Waals surface area contributed by atoms with Crippen molar-refractivity contribution >= 4 is 23.3 Å². The first-order chi connectivity index (χ1) is 15.6. The van der Waals surface area contributed by atoms with Crippen LogP contribution in [0.15, 0.2) is 72.8 Å². The van der Waals surface area contributed by atoms with Gasteiger partial charge in [-0.3, -0.25) is 19.3 Å². The Bertz CT molecular complexity index is 1180. The topological polar surface area (TPSA) is 66.5 Å². The van der Waals surface area contributed by atoms with Crippen LogP contribution in [-0.4, -0.2) is 29.2 Å². The van der Waals surface area contributed by atoms with Crippen LogP contribution in [0.3, 0.4) is 0 Å². The number of hydrogen-bond acceptors (Lipinski definition) is 4. The van der Waals surface area contributed by atoms with E-state index in [1.165, 1.54) is 34.1 Å². The van der Waals surface area contributed by atoms with Gasteiger partial charge in [0.2, 0.25) is 11.8 Å². The summed E-state index contributed by atoms with van der Waals surface area (Å²) >= 11 is 0. The largest absolute Gasteiger partial charge is 0.367 e. The summed E-state index contributed by atoms with van der Waals surface area (Å²) in [6.45, 7) is 1.61. The molecular formula is C27H22N2O3. The zero-order chi connectivity index (χ0) is 22.0. The number of Topliss-reactive ketones (excluding diaryl/α,β-unsaturated/α-hetero) is 1. The fourth-order valence-corrected chi connectivity index (χ4v) is 5.91. The fraction of sp³-hybridized carbons (Fsp3) is 0.222. The second-order valence-corrected chi connectivity index (χ2v) is 8.84. The van der Waals surface area contributed by atoms with Crippen molar-refractivity contribution in [2.24, 2.45) is 11.8 Å². The van der Waals surface area contributed by atoms with Gasteiger partial charge in [-0.2, -0.15) is 0 Å². The lowest BCUT2D eigenvalue weighted by Crippen LogP contribution is -2.41. The number of nitrogens with zero attached hydrogens (tertiary/aromatic N) is 1. The molecule has 0 unspecified atom stereocenters. The molecule has 32 heavy (non-hydrogen) atoms. The van der Waals surface area contributed by atoms with Gasteiger partial charge in [-0.25, -0.2) is 0 Å². The Morgan fingerprint density at radius 3 is 1.75 bits per heavy atom. The normalized spacial score (nSPS) is 24.7. The van der Waals surface area contributed by atoms with Crippen LogP contribution in [0.2, 0.25) is 0 Å². The van der Waals surface area contributed by atoms with E-state index in [0.717, 1.165) is 0 Å². The fourth-order valence-electron chi connectivity index (χ4n) is 5.91. The Balaban J connectivity index is 1.36. The summed E-state index contributed by atoms with van der Waals surface area (Å²) in [4.78, 5) is 40.2. The highest BCUT2D eigenvalue weighted by Crippen LogP contribution is 2.60. The minimum Gasteiger partial charge on any atom is -0.367 e. The number of benzene rings is 3. The lowest BCUT2D eigenvalue weighted by Gasteiger charge is -2.45. The second kappa shape index (κ2) is 6.89. The lowest BCUT2D eigenvalue weighted by atomic mass is 9.55. The van der Waals surface area contributed by atoms with E-state index in [-0.39, 0.29) is 47.9 Å². The third-order valence-corrected chi connectivity index (χ3v) is 7.25. The van der Waals surface area contributed by atoms with Crippen molar-refractivity contribution in [2.75, 3.05) is 12.0 Å². The number of imide groups is 1. The van der Waals surface area contributed by atoms with E-state index < -0.39 is 0 Å². The summed E-state index contributed by atoms with van der Waals surface area (Å²) < 4.78 is 0. The summed E-state index contributed by atoms with van der Waals surface area (Å²) in [6.07, 6.45) is 0. The molecule has 0 saturated carbocycles. The Hall–Kier alpha value is -3.73. The Labute approximate surface area is 186 Å². The molecule has 1 heterocycles. The second-order valence-electron chi connectivity index (χ2n) is 8.84. The highest BCUT2D eigenvalue weighted by molar-refractivity contribution is 6.07. The van der Waals surface area contributed by atoms with Gasteiger partial charge in [0.25, 0.3) is 0 Å². The van der Waals surface area contributed by atoms with Gasteiger partial charge in [0.15, 0.2) is 5.78 Å². The van der Waals surface area contributed by atoms with E-state index in [9.17, 15) is 14.4 Å². The van der Waals surface area contributed by atoms with Gasteiger partial charge in [0, 0.05) is 23.1 Å². The van der Waals surface area contributed by atoms with E-state index in [0.29, 0.717) is 11.3 Å². The van der Waals surface area contributed by atoms with Crippen molar-refractivity contribution in [1.29, 1.82) is 0 Å². The van der Waals surface area contributed by atoms with Gasteiger partial charge in [-0.1, -0.05) is 60.7 Å². The van der Waals surface area contributed by atoms with Crippen molar-refractivity contribution in [3.63, 3.8) is 0 Å². The van der Waals surface area contributed by atoms with Crippen LogP contribution < -0.4 is 5.32 Å². The number of nitrogens with one attached hydrogen (secondary N) is 1. The molecule has 5 heteroatoms. The molecule has 3 aromatic rings. The smallest absolute Gasteiger partial charge is 0.235 e. The maximum absolute atomic E-state index is 13.6. The molecule has 1 saturated heterocycles. The molecule has 7 rings (SSSR count). The van der Waals surface area contributed by atoms with Gasteiger partial charge in [-0.15, -0.1) is 0 Å². The van der Waals surface area contributed by atoms with Gasteiger partial charge < -0.3 is 5.32 Å². The number of carbonyl (C=O) groups is 3. The van der Waals surface area contributed by atoms with E-state index in [2.05, 4.69) is 29.6 Å². The van der Waals surface area contributed by atoms with Crippen LogP contribution in [0.25, 0.3) is 0 Å². The van der Waals surface area contributed by atoms with Crippen molar-refractivity contribution < 1.29 is 14.4 Å². The Morgan fingerprint density at radius 1 is 0.781 bits per heavy atom. The summed E-state index contributed by atoms with van der Waals surface area (Å²) in [6, 6.07) is 23.6. The average Bonchev–Trinajstić information content (AvgIpc) is 3.08. The lowest BCUT2D eigenvalue weighted by molar-refractivity contribution is -0.139. The maximum atomic E-state index is 13.6. The van der Waals surface area contributed by atoms with Crippen LogP contribution in [-0.2, 0) is 9.59 Å². The zero-order valence-electron chi connectivity index (χ0n) is 17.6. The number of carbonyl (C=O) groups excluding carboxylic acids is 3. The third-order valence-electron chi connectivity index (χ3n) is 7.25. The molecule has 0 aromatic heterocycles. The van der Waals surface area contributed by atoms with Gasteiger partial charge in [-0.05, 0) is 41.3 Å². The minimum absolute atomic E-state index is 0.0277. The molecule has 3 aliphatic carbocycles. The summed E-state index contributed by atoms with van der Waals surface area (Å²) in [5, 5.41) is 3.18. The van der Waals surface area contributed by atoms with Gasteiger partial charge in [0.1, 0.15) is 0 Å². The monoisotopic (exact) mass is 422 g/mol. The molecule has 1 aliphatic heterocycles. The highest BCUT2D eigenvalue weighted by Gasteiger charge is 2.61. The first-order valence-corrected chi connectivity index (χ1v) is 10.9. The summed E-state index contributed by atoms with van der Waals surface area (Å²) in [5.41, 5.74) is 5.98. The number of likely N-dealkylation sites (tertiary alicyclic amines) is 1. The van der Waals surface area contributed by atoms with Crippen molar-refractivity contribution in [3.8, 4) is 0 Å². The van der Waals surface area contributed by atoms with Crippen LogP contribution in [0.5, 0.6) is 0 Å². The average molecular weight is 422 g/mol. The van der Waals surface area contributed by atoms with E-state index in [1.54, 1.807) is 18.2 Å². The van der Waals surface area contributed by atoms with E-state index >= 15 is 0 Å². The van der Waals surface area contributed by atoms with Gasteiger partial charge in [0.05, 0.1) is 18.5 Å². The number of ketones is 1. The Morgan fingerprint density at radius 2 is 1.28 bits per heavy atom. The van der Waals surface area contributed by atoms with Crippen molar-refractivity contribution in [3.05, 3.63) is 101 Å². The van der Waals surface area contributed by atoms with Gasteiger partial charge >= 0.3 is 0 Å². The molecule has 2 atom stereocenters. The molecule has 1 N–H and O–H groups in total. The standard InChI is InChI=1S/C27H22N2O3/c1-15(30)16-7-6-8-17(13-16)28-14-29-26(31)24-22-18-9-2-3-10-19(18)23(25(24)27(29)32)21-12-5-4-11-20(21)22/h2-13,22-25,28H,14H2,1H3/t22?,23?,24-,25-/m0/s1. The molecule has 0 radical (unpaired) electrons. The quantitative estimate of drug-likeness (QED) is 0.507. The molecule has 3 aromatic carbocycles. The van der Waals surface area contributed by atoms with E-state index in [1.807, 2.05) is 30.3 Å². The minimum atomic E-state index is -0.373. The molecule has 5 nitrogen and oxygen atoms in total. The molecule has 2 bridgehead atoms. The summed E-state index contributed by atoms with van der Waals surface area (Å²) in [7, 11) is 0. The molecule has 0 spiro atoms. The molecule has 158 valence electrons. The number of rotatable bonds is 4. The predicted molar refractivity (Wildman–Crippen MR) is 120 cm³/mol. The molecular weight excluding hydrogens is 400 g/mol. The highest BCUT2D eigenvalue weighted by atomic mass is 16.2. The van der Waals surface area contributed by atoms with Crippen LogP contribution >= 0.6 is 0 Å². The Kier molecular flexibility index (Phi) is 4.09. The summed E-state index contributed by atoms with van der Waals surface area (Å²) in [5.74, 6) is -1.20. The van der Waals surface area contributed by atoms with Crippen LogP contribution in [0, 0.1) is 11.8 Å². The first kappa shape index (κ1) is 19.0. The van der Waals surface area contributed by atoms with Crippen LogP contribution in [0.1, 0.15) is 51.4 Å². The molecule has 1 fully saturated rings. The predicted octanol–water partition coefficient (Wildman–Crippen LogP) is 4.15. The van der Waals surface area contributed by atoms with E-state index in [4.69, 9.17) is 0 Å². The third kappa shape index (κ3) is 2.54. The zero-order valence-corrected chi connectivity index (χ0v) is 17.6. The number of amides is 2. The number of anilines is 1. The molecule has 2 amide bonds. The molecule has 4 aliphatic rings. The van der Waals surface area contributed by atoms with Crippen molar-refractivity contribution in [1.82, 2.24) is 4.90 Å². The SMILES string of the molecule is CC(=O)c1cccc(NCN2C(=O)[C@H]3C4c5ccccc5C(c5ccccc54)[C@@H]3C2=O)c1. The maximum Gasteiger partial charge on any atom is 0.235 e. The number of hydrogen-bond donors (Lipinski definition) is 1. The van der Waals surface area contributed by atoms with Crippen LogP contribution in [0.4, 0.5) is 5.69 Å². The van der Waals surface area contributed by atoms with Crippen molar-refractivity contribution in [2.45, 2.75) is 18.8 Å². The first-order valence-electron chi connectivity index (χ1n) is 10.9.